The minimum Gasteiger partial charge on any atom is -0.328 e. The molecule has 0 saturated heterocycles. The molecule has 1 fully saturated rings. The highest BCUT2D eigenvalue weighted by Gasteiger charge is 2.26. The maximum Gasteiger partial charge on any atom is 0.100 e. The Morgan fingerprint density at radius 2 is 1.60 bits per heavy atom. The van der Waals surface area contributed by atoms with E-state index in [2.05, 4.69) is 15.2 Å². The lowest BCUT2D eigenvalue weighted by Crippen LogP contribution is -2.26. The number of aromatic amines is 1. The molecule has 0 aliphatic heterocycles. The van der Waals surface area contributed by atoms with E-state index in [4.69, 9.17) is 17.3 Å². The number of halogens is 1. The summed E-state index contributed by atoms with van der Waals surface area (Å²) in [5, 5.41) is 8.72. The number of rotatable bonds is 3. The lowest BCUT2D eigenvalue weighted by atomic mass is 9.82. The number of benzene rings is 1. The van der Waals surface area contributed by atoms with Crippen molar-refractivity contribution in [3.8, 4) is 22.4 Å². The SMILES string of the molecule is NC1CCC(c2[nH]nc(-c3ccc(Cl)cc3)c2-c2ccncc2)CC1. The summed E-state index contributed by atoms with van der Waals surface area (Å²) in [7, 11) is 0. The van der Waals surface area contributed by atoms with Gasteiger partial charge in [-0.25, -0.2) is 0 Å². The summed E-state index contributed by atoms with van der Waals surface area (Å²) in [5.74, 6) is 0.469. The number of nitrogens with one attached hydrogen (secondary N) is 1. The molecule has 1 aromatic carbocycles. The fourth-order valence-electron chi connectivity index (χ4n) is 3.69. The van der Waals surface area contributed by atoms with Crippen LogP contribution < -0.4 is 5.73 Å². The summed E-state index contributed by atoms with van der Waals surface area (Å²) in [6.07, 6.45) is 7.98. The largest absolute Gasteiger partial charge is 0.328 e. The minimum absolute atomic E-state index is 0.333. The van der Waals surface area contributed by atoms with Gasteiger partial charge in [-0.3, -0.25) is 10.1 Å². The van der Waals surface area contributed by atoms with E-state index in [1.54, 1.807) is 0 Å². The van der Waals surface area contributed by atoms with Crippen LogP contribution in [-0.2, 0) is 0 Å². The molecule has 4 nitrogen and oxygen atoms in total. The summed E-state index contributed by atoms with van der Waals surface area (Å²) >= 11 is 6.05. The Bertz CT molecular complexity index is 834. The number of aromatic nitrogens is 3. The van der Waals surface area contributed by atoms with Gasteiger partial charge >= 0.3 is 0 Å². The molecular formula is C20H21ClN4. The van der Waals surface area contributed by atoms with Crippen LogP contribution in [0.15, 0.2) is 48.8 Å². The van der Waals surface area contributed by atoms with E-state index in [-0.39, 0.29) is 0 Å². The first-order valence-electron chi connectivity index (χ1n) is 8.72. The second-order valence-corrected chi connectivity index (χ2v) is 7.15. The molecule has 0 amide bonds. The van der Waals surface area contributed by atoms with E-state index in [9.17, 15) is 0 Å². The molecule has 3 aromatic rings. The van der Waals surface area contributed by atoms with Crippen molar-refractivity contribution < 1.29 is 0 Å². The van der Waals surface area contributed by atoms with E-state index in [0.29, 0.717) is 12.0 Å². The number of hydrogen-bond donors (Lipinski definition) is 2. The van der Waals surface area contributed by atoms with Crippen LogP contribution in [0, 0.1) is 0 Å². The number of pyridine rings is 1. The number of nitrogens with two attached hydrogens (primary N) is 1. The smallest absolute Gasteiger partial charge is 0.100 e. The second kappa shape index (κ2) is 6.98. The number of hydrogen-bond acceptors (Lipinski definition) is 3. The molecule has 0 spiro atoms. The molecule has 0 atom stereocenters. The number of nitrogens with zero attached hydrogens (tertiary/aromatic N) is 2. The molecule has 1 saturated carbocycles. The lowest BCUT2D eigenvalue weighted by Gasteiger charge is -2.26. The second-order valence-electron chi connectivity index (χ2n) is 6.72. The summed E-state index contributed by atoms with van der Waals surface area (Å²) in [6.45, 7) is 0. The van der Waals surface area contributed by atoms with E-state index < -0.39 is 0 Å². The summed E-state index contributed by atoms with van der Waals surface area (Å²) < 4.78 is 0. The van der Waals surface area contributed by atoms with Crippen molar-refractivity contribution >= 4 is 11.6 Å². The van der Waals surface area contributed by atoms with Gasteiger partial charge in [-0.15, -0.1) is 0 Å². The highest BCUT2D eigenvalue weighted by molar-refractivity contribution is 6.30. The third-order valence-corrected chi connectivity index (χ3v) is 5.31. The zero-order chi connectivity index (χ0) is 17.2. The topological polar surface area (TPSA) is 67.6 Å². The van der Waals surface area contributed by atoms with E-state index >= 15 is 0 Å². The lowest BCUT2D eigenvalue weighted by molar-refractivity contribution is 0.391. The van der Waals surface area contributed by atoms with Gasteiger partial charge in [-0.1, -0.05) is 23.7 Å². The van der Waals surface area contributed by atoms with E-state index in [1.165, 1.54) is 11.3 Å². The molecule has 1 aliphatic rings. The predicted molar refractivity (Wildman–Crippen MR) is 101 cm³/mol. The molecule has 0 bridgehead atoms. The number of H-pyrrole nitrogens is 1. The summed E-state index contributed by atoms with van der Waals surface area (Å²) in [4.78, 5) is 4.16. The molecule has 4 rings (SSSR count). The highest BCUT2D eigenvalue weighted by Crippen LogP contribution is 2.41. The normalized spacial score (nSPS) is 20.6. The minimum atomic E-state index is 0.333. The zero-order valence-electron chi connectivity index (χ0n) is 14.0. The fourth-order valence-corrected chi connectivity index (χ4v) is 3.81. The van der Waals surface area contributed by atoms with Crippen molar-refractivity contribution in [2.24, 2.45) is 5.73 Å². The Kier molecular flexibility index (Phi) is 4.55. The van der Waals surface area contributed by atoms with Crippen molar-refractivity contribution in [3.63, 3.8) is 0 Å². The van der Waals surface area contributed by atoms with Gasteiger partial charge in [0, 0.05) is 46.2 Å². The average Bonchev–Trinajstić information content (AvgIpc) is 3.09. The van der Waals surface area contributed by atoms with Crippen molar-refractivity contribution in [1.82, 2.24) is 15.2 Å². The van der Waals surface area contributed by atoms with Crippen LogP contribution in [0.25, 0.3) is 22.4 Å². The maximum absolute atomic E-state index is 6.09. The first-order valence-corrected chi connectivity index (χ1v) is 9.10. The predicted octanol–water partition coefficient (Wildman–Crippen LogP) is 4.78. The molecule has 0 unspecified atom stereocenters. The third-order valence-electron chi connectivity index (χ3n) is 5.06. The standard InChI is InChI=1S/C20H21ClN4/c21-16-5-1-14(2-6-16)19-18(13-9-11-23-12-10-13)20(25-24-19)15-3-7-17(22)8-4-15/h1-2,5-6,9-12,15,17H,3-4,7-8,22H2,(H,24,25). The van der Waals surface area contributed by atoms with Crippen LogP contribution in [0.4, 0.5) is 0 Å². The van der Waals surface area contributed by atoms with Gasteiger partial charge in [0.2, 0.25) is 0 Å². The quantitative estimate of drug-likeness (QED) is 0.713. The fraction of sp³-hybridized carbons (Fsp3) is 0.300. The molecule has 5 heteroatoms. The van der Waals surface area contributed by atoms with Gasteiger partial charge in [0.1, 0.15) is 5.69 Å². The van der Waals surface area contributed by atoms with E-state index in [0.717, 1.165) is 47.5 Å². The average molecular weight is 353 g/mol. The van der Waals surface area contributed by atoms with Gasteiger partial charge in [-0.2, -0.15) is 5.10 Å². The Labute approximate surface area is 152 Å². The first-order chi connectivity index (χ1) is 12.2. The third kappa shape index (κ3) is 3.32. The molecule has 1 aliphatic carbocycles. The molecule has 25 heavy (non-hydrogen) atoms. The Balaban J connectivity index is 1.81. The molecule has 2 aromatic heterocycles. The van der Waals surface area contributed by atoms with Gasteiger partial charge in [0.15, 0.2) is 0 Å². The zero-order valence-corrected chi connectivity index (χ0v) is 14.7. The van der Waals surface area contributed by atoms with Gasteiger partial charge in [-0.05, 0) is 55.5 Å². The Morgan fingerprint density at radius 3 is 2.28 bits per heavy atom. The van der Waals surface area contributed by atoms with Crippen LogP contribution in [-0.4, -0.2) is 21.2 Å². The maximum atomic E-state index is 6.09. The molecular weight excluding hydrogens is 332 g/mol. The van der Waals surface area contributed by atoms with E-state index in [1.807, 2.05) is 48.8 Å². The molecule has 128 valence electrons. The first kappa shape index (κ1) is 16.3. The molecule has 0 radical (unpaired) electrons. The molecule has 3 N–H and O–H groups in total. The van der Waals surface area contributed by atoms with Crippen LogP contribution in [0.5, 0.6) is 0 Å². The van der Waals surface area contributed by atoms with Gasteiger partial charge in [0.05, 0.1) is 0 Å². The van der Waals surface area contributed by atoms with Gasteiger partial charge < -0.3 is 5.73 Å². The van der Waals surface area contributed by atoms with Crippen LogP contribution in [0.3, 0.4) is 0 Å². The van der Waals surface area contributed by atoms with Crippen LogP contribution >= 0.6 is 11.6 Å². The van der Waals surface area contributed by atoms with Gasteiger partial charge in [0.25, 0.3) is 0 Å². The van der Waals surface area contributed by atoms with Crippen molar-refractivity contribution in [2.45, 2.75) is 37.6 Å². The monoisotopic (exact) mass is 352 g/mol. The van der Waals surface area contributed by atoms with Crippen molar-refractivity contribution in [2.75, 3.05) is 0 Å². The van der Waals surface area contributed by atoms with Crippen molar-refractivity contribution in [1.29, 1.82) is 0 Å². The highest BCUT2D eigenvalue weighted by atomic mass is 35.5. The summed E-state index contributed by atoms with van der Waals surface area (Å²) in [5.41, 5.74) is 11.6. The molecule has 2 heterocycles. The summed E-state index contributed by atoms with van der Waals surface area (Å²) in [6, 6.07) is 12.3. The Hall–Kier alpha value is -2.17. The Morgan fingerprint density at radius 1 is 0.920 bits per heavy atom. The van der Waals surface area contributed by atoms with Crippen LogP contribution in [0.2, 0.25) is 5.02 Å². The van der Waals surface area contributed by atoms with Crippen LogP contribution in [0.1, 0.15) is 37.3 Å². The van der Waals surface area contributed by atoms with Crippen molar-refractivity contribution in [3.05, 3.63) is 59.5 Å².